The number of hydrogen-bond acceptors (Lipinski definition) is 3. The van der Waals surface area contributed by atoms with E-state index in [1.54, 1.807) is 0 Å². The van der Waals surface area contributed by atoms with E-state index in [0.717, 1.165) is 25.3 Å². The van der Waals surface area contributed by atoms with Crippen molar-refractivity contribution in [3.8, 4) is 0 Å². The topological polar surface area (TPSA) is 72.2 Å². The van der Waals surface area contributed by atoms with Crippen LogP contribution in [-0.4, -0.2) is 15.0 Å². The second-order valence-corrected chi connectivity index (χ2v) is 6.90. The van der Waals surface area contributed by atoms with Crippen molar-refractivity contribution < 1.29 is 12.8 Å². The fourth-order valence-electron chi connectivity index (χ4n) is 1.96. The third-order valence-electron chi connectivity index (χ3n) is 3.38. The average Bonchev–Trinajstić information content (AvgIpc) is 2.29. The van der Waals surface area contributed by atoms with Gasteiger partial charge < -0.3 is 5.73 Å². The molecule has 0 radical (unpaired) electrons. The predicted molar refractivity (Wildman–Crippen MR) is 71.8 cm³/mol. The minimum absolute atomic E-state index is 0.0940. The van der Waals surface area contributed by atoms with E-state index < -0.39 is 20.7 Å². The first-order valence-electron chi connectivity index (χ1n) is 6.11. The molecule has 1 fully saturated rings. The Kier molecular flexibility index (Phi) is 4.45. The minimum atomic E-state index is -3.88. The Morgan fingerprint density at radius 3 is 2.63 bits per heavy atom. The highest BCUT2D eigenvalue weighted by Gasteiger charge is 2.25. The fourth-order valence-corrected chi connectivity index (χ4v) is 3.53. The average molecular weight is 307 g/mol. The lowest BCUT2D eigenvalue weighted by Crippen LogP contribution is -2.32. The first-order valence-corrected chi connectivity index (χ1v) is 7.98. The van der Waals surface area contributed by atoms with Crippen LogP contribution in [0.3, 0.4) is 0 Å². The second-order valence-electron chi connectivity index (χ2n) is 4.73. The van der Waals surface area contributed by atoms with Gasteiger partial charge in [-0.05, 0) is 30.9 Å². The molecule has 19 heavy (non-hydrogen) atoms. The molecule has 1 saturated carbocycles. The van der Waals surface area contributed by atoms with Crippen LogP contribution in [0.2, 0.25) is 5.02 Å². The summed E-state index contributed by atoms with van der Waals surface area (Å²) in [6.45, 7) is 0.240. The van der Waals surface area contributed by atoms with Crippen molar-refractivity contribution >= 4 is 21.6 Å². The van der Waals surface area contributed by atoms with Crippen molar-refractivity contribution in [1.82, 2.24) is 4.72 Å². The highest BCUT2D eigenvalue weighted by molar-refractivity contribution is 7.89. The van der Waals surface area contributed by atoms with Gasteiger partial charge in [0, 0.05) is 23.7 Å². The zero-order chi connectivity index (χ0) is 14.0. The van der Waals surface area contributed by atoms with Crippen LogP contribution in [-0.2, 0) is 16.6 Å². The number of halogens is 2. The van der Waals surface area contributed by atoms with E-state index in [4.69, 9.17) is 17.3 Å². The molecular weight excluding hydrogens is 291 g/mol. The Bertz CT molecular complexity index is 573. The first-order chi connectivity index (χ1) is 8.94. The van der Waals surface area contributed by atoms with Crippen molar-refractivity contribution in [2.24, 2.45) is 11.7 Å². The Labute approximate surface area is 117 Å². The number of rotatable bonds is 5. The lowest BCUT2D eigenvalue weighted by Gasteiger charge is -2.25. The van der Waals surface area contributed by atoms with Gasteiger partial charge in [-0.2, -0.15) is 0 Å². The molecule has 2 rings (SSSR count). The highest BCUT2D eigenvalue weighted by atomic mass is 35.5. The zero-order valence-corrected chi connectivity index (χ0v) is 11.9. The zero-order valence-electron chi connectivity index (χ0n) is 10.3. The Morgan fingerprint density at radius 1 is 1.42 bits per heavy atom. The van der Waals surface area contributed by atoms with Crippen LogP contribution >= 0.6 is 11.6 Å². The van der Waals surface area contributed by atoms with E-state index in [2.05, 4.69) is 4.72 Å². The highest BCUT2D eigenvalue weighted by Crippen LogP contribution is 2.27. The van der Waals surface area contributed by atoms with E-state index in [9.17, 15) is 12.8 Å². The van der Waals surface area contributed by atoms with Gasteiger partial charge in [0.2, 0.25) is 10.0 Å². The molecule has 106 valence electrons. The van der Waals surface area contributed by atoms with Crippen LogP contribution < -0.4 is 10.5 Å². The van der Waals surface area contributed by atoms with E-state index >= 15 is 0 Å². The summed E-state index contributed by atoms with van der Waals surface area (Å²) in [5.74, 6) is -0.473. The molecular formula is C12H16ClFN2O2S. The van der Waals surface area contributed by atoms with Crippen molar-refractivity contribution in [2.75, 3.05) is 6.54 Å². The number of sulfonamides is 1. The molecule has 0 atom stereocenters. The van der Waals surface area contributed by atoms with Crippen molar-refractivity contribution in [3.63, 3.8) is 0 Å². The minimum Gasteiger partial charge on any atom is -0.326 e. The van der Waals surface area contributed by atoms with E-state index in [0.29, 0.717) is 12.5 Å². The summed E-state index contributed by atoms with van der Waals surface area (Å²) < 4.78 is 40.6. The van der Waals surface area contributed by atoms with Crippen LogP contribution in [0.4, 0.5) is 4.39 Å². The van der Waals surface area contributed by atoms with Crippen LogP contribution in [0.15, 0.2) is 17.0 Å². The lowest BCUT2D eigenvalue weighted by atomic mass is 9.86. The molecule has 1 aromatic carbocycles. The van der Waals surface area contributed by atoms with Gasteiger partial charge in [-0.25, -0.2) is 17.5 Å². The summed E-state index contributed by atoms with van der Waals surface area (Å²) >= 11 is 5.79. The molecule has 0 spiro atoms. The molecule has 0 saturated heterocycles. The van der Waals surface area contributed by atoms with Crippen LogP contribution in [0.25, 0.3) is 0 Å². The van der Waals surface area contributed by atoms with Crippen molar-refractivity contribution in [1.29, 1.82) is 0 Å². The second kappa shape index (κ2) is 5.75. The van der Waals surface area contributed by atoms with Gasteiger partial charge in [-0.1, -0.05) is 18.0 Å². The summed E-state index contributed by atoms with van der Waals surface area (Å²) in [5, 5.41) is 0.158. The summed E-state index contributed by atoms with van der Waals surface area (Å²) in [5.41, 5.74) is 5.46. The molecule has 1 aromatic rings. The normalized spacial score (nSPS) is 16.4. The largest absolute Gasteiger partial charge is 0.326 e. The summed E-state index contributed by atoms with van der Waals surface area (Å²) in [7, 11) is -3.88. The van der Waals surface area contributed by atoms with Crippen molar-refractivity contribution in [3.05, 3.63) is 28.5 Å². The maximum atomic E-state index is 14.0. The van der Waals surface area contributed by atoms with Gasteiger partial charge in [-0.3, -0.25) is 0 Å². The maximum absolute atomic E-state index is 14.0. The lowest BCUT2D eigenvalue weighted by molar-refractivity contribution is 0.316. The molecule has 0 unspecified atom stereocenters. The molecule has 0 aliphatic heterocycles. The number of benzene rings is 1. The number of nitrogens with one attached hydrogen (secondary N) is 1. The fraction of sp³-hybridized carbons (Fsp3) is 0.500. The van der Waals surface area contributed by atoms with Crippen LogP contribution in [0.5, 0.6) is 0 Å². The summed E-state index contributed by atoms with van der Waals surface area (Å²) in [6.07, 6.45) is 3.14. The third-order valence-corrected chi connectivity index (χ3v) is 5.02. The van der Waals surface area contributed by atoms with Gasteiger partial charge in [0.25, 0.3) is 0 Å². The summed E-state index contributed by atoms with van der Waals surface area (Å²) in [4.78, 5) is -0.431. The van der Waals surface area contributed by atoms with Crippen molar-refractivity contribution in [2.45, 2.75) is 30.7 Å². The molecule has 4 nitrogen and oxygen atoms in total. The van der Waals surface area contributed by atoms with E-state index in [1.807, 2.05) is 0 Å². The van der Waals surface area contributed by atoms with Gasteiger partial charge in [-0.15, -0.1) is 0 Å². The van der Waals surface area contributed by atoms with Gasteiger partial charge >= 0.3 is 0 Å². The third kappa shape index (κ3) is 3.25. The predicted octanol–water partition coefficient (Wildman–Crippen LogP) is 2.02. The molecule has 0 heterocycles. The van der Waals surface area contributed by atoms with E-state index in [-0.39, 0.29) is 17.1 Å². The number of hydrogen-bond donors (Lipinski definition) is 2. The van der Waals surface area contributed by atoms with Crippen LogP contribution in [0, 0.1) is 11.7 Å². The Balaban J connectivity index is 2.25. The first kappa shape index (κ1) is 14.7. The van der Waals surface area contributed by atoms with Gasteiger partial charge in [0.1, 0.15) is 10.7 Å². The smallest absolute Gasteiger partial charge is 0.243 e. The standard InChI is InChI=1S/C12H16ClFN2O2S/c13-10-4-9(6-15)12(14)11(5-10)19(17,18)16-7-8-2-1-3-8/h4-5,8,16H,1-3,6-7,15H2. The maximum Gasteiger partial charge on any atom is 0.243 e. The molecule has 1 aliphatic carbocycles. The molecule has 0 aromatic heterocycles. The Morgan fingerprint density at radius 2 is 2.11 bits per heavy atom. The SMILES string of the molecule is NCc1cc(Cl)cc(S(=O)(=O)NCC2CCC2)c1F. The van der Waals surface area contributed by atoms with Gasteiger partial charge in [0.05, 0.1) is 0 Å². The van der Waals surface area contributed by atoms with Gasteiger partial charge in [0.15, 0.2) is 0 Å². The van der Waals surface area contributed by atoms with Crippen LogP contribution in [0.1, 0.15) is 24.8 Å². The molecule has 0 bridgehead atoms. The molecule has 7 heteroatoms. The van der Waals surface area contributed by atoms with E-state index in [1.165, 1.54) is 6.07 Å². The quantitative estimate of drug-likeness (QED) is 0.874. The monoisotopic (exact) mass is 306 g/mol. The molecule has 3 N–H and O–H groups in total. The Hall–Kier alpha value is -0.690. The molecule has 0 amide bonds. The summed E-state index contributed by atoms with van der Waals surface area (Å²) in [6, 6.07) is 2.45. The number of nitrogens with two attached hydrogens (primary N) is 1. The molecule has 1 aliphatic rings.